The number of carboxylic acids is 1. The SMILES string of the molecule is CCCCCCCCCCCCCCCCCC(=O)C(O)(C(=O)O)C(O)CCCCCCCCCCCCCCC.CCCCCCCCON=O. The van der Waals surface area contributed by atoms with Crippen molar-refractivity contribution in [2.75, 3.05) is 6.61 Å². The summed E-state index contributed by atoms with van der Waals surface area (Å²) in [4.78, 5) is 38.2. The van der Waals surface area contributed by atoms with Gasteiger partial charge in [-0.05, 0) is 25.7 Å². The minimum Gasteiger partial charge on any atom is -0.479 e. The second-order valence-corrected chi connectivity index (χ2v) is 15.4. The number of Topliss-reactive ketones (excluding diaryl/α,β-unsaturated/α-hetero) is 1. The summed E-state index contributed by atoms with van der Waals surface area (Å²) in [5.74, 6) is -2.37. The van der Waals surface area contributed by atoms with E-state index >= 15 is 0 Å². The number of ketones is 1. The van der Waals surface area contributed by atoms with Gasteiger partial charge in [0.15, 0.2) is 11.1 Å². The molecule has 0 aliphatic carbocycles. The number of unbranched alkanes of at least 4 members (excludes halogenated alkanes) is 31. The fourth-order valence-corrected chi connectivity index (χ4v) is 6.84. The monoisotopic (exact) mass is 742 g/mol. The fraction of sp³-hybridized carbons (Fsp3) is 0.955. The molecule has 0 heterocycles. The molecule has 0 aliphatic rings. The van der Waals surface area contributed by atoms with Crippen LogP contribution in [0.4, 0.5) is 0 Å². The number of rotatable bonds is 41. The molecule has 8 nitrogen and oxygen atoms in total. The van der Waals surface area contributed by atoms with Crippen LogP contribution in [-0.2, 0) is 14.4 Å². The number of carbonyl (C=O) groups excluding carboxylic acids is 1. The van der Waals surface area contributed by atoms with Crippen molar-refractivity contribution in [1.82, 2.24) is 0 Å². The summed E-state index contributed by atoms with van der Waals surface area (Å²) in [6.45, 7) is 7.18. The molecule has 8 heteroatoms. The van der Waals surface area contributed by atoms with Gasteiger partial charge in [0.25, 0.3) is 0 Å². The molecule has 52 heavy (non-hydrogen) atoms. The Kier molecular flexibility index (Phi) is 42.7. The summed E-state index contributed by atoms with van der Waals surface area (Å²) in [6, 6.07) is 0. The van der Waals surface area contributed by atoms with Crippen LogP contribution in [0.5, 0.6) is 0 Å². The number of carbonyl (C=O) groups is 2. The molecule has 0 spiro atoms. The predicted octanol–water partition coefficient (Wildman–Crippen LogP) is 13.5. The third-order valence-corrected chi connectivity index (χ3v) is 10.5. The molecule has 0 aromatic heterocycles. The van der Waals surface area contributed by atoms with E-state index < -0.39 is 23.5 Å². The van der Waals surface area contributed by atoms with Crippen LogP contribution in [0.15, 0.2) is 5.34 Å². The summed E-state index contributed by atoms with van der Waals surface area (Å²) in [5, 5.41) is 33.0. The molecule has 0 amide bonds. The van der Waals surface area contributed by atoms with Crippen LogP contribution < -0.4 is 0 Å². The van der Waals surface area contributed by atoms with E-state index in [1.54, 1.807) is 0 Å². The lowest BCUT2D eigenvalue weighted by molar-refractivity contribution is -0.178. The lowest BCUT2D eigenvalue weighted by Crippen LogP contribution is -2.55. The van der Waals surface area contributed by atoms with Crippen molar-refractivity contribution < 1.29 is 29.7 Å². The van der Waals surface area contributed by atoms with Gasteiger partial charge < -0.3 is 20.2 Å². The largest absolute Gasteiger partial charge is 0.479 e. The normalized spacial score (nSPS) is 12.9. The molecule has 2 atom stereocenters. The van der Waals surface area contributed by atoms with Crippen LogP contribution >= 0.6 is 0 Å². The molecule has 0 radical (unpaired) electrons. The third-order valence-electron chi connectivity index (χ3n) is 10.5. The Morgan fingerprint density at radius 3 is 1.10 bits per heavy atom. The second-order valence-electron chi connectivity index (χ2n) is 15.4. The molecular weight excluding hydrogens is 654 g/mol. The van der Waals surface area contributed by atoms with Gasteiger partial charge in [0.2, 0.25) is 5.60 Å². The molecule has 0 aromatic carbocycles. The maximum Gasteiger partial charge on any atom is 0.346 e. The van der Waals surface area contributed by atoms with E-state index in [0.717, 1.165) is 51.4 Å². The first-order valence-corrected chi connectivity index (χ1v) is 22.4. The summed E-state index contributed by atoms with van der Waals surface area (Å²) in [5.41, 5.74) is -2.67. The van der Waals surface area contributed by atoms with Gasteiger partial charge in [0.05, 0.1) is 0 Å². The van der Waals surface area contributed by atoms with Crippen LogP contribution in [0, 0.1) is 4.91 Å². The Balaban J connectivity index is 0. The number of aliphatic carboxylic acids is 1. The molecule has 0 aromatic rings. The average molecular weight is 742 g/mol. The molecule has 0 bridgehead atoms. The highest BCUT2D eigenvalue weighted by atomic mass is 16.7. The van der Waals surface area contributed by atoms with E-state index in [9.17, 15) is 29.8 Å². The van der Waals surface area contributed by atoms with Gasteiger partial charge in [-0.15, -0.1) is 4.91 Å². The number of nitrogens with zero attached hydrogens (tertiary/aromatic N) is 1. The lowest BCUT2D eigenvalue weighted by Gasteiger charge is -2.27. The lowest BCUT2D eigenvalue weighted by atomic mass is 9.86. The van der Waals surface area contributed by atoms with E-state index in [-0.39, 0.29) is 12.8 Å². The summed E-state index contributed by atoms with van der Waals surface area (Å²) in [6.07, 6.45) is 39.6. The van der Waals surface area contributed by atoms with Crippen LogP contribution in [-0.4, -0.2) is 45.4 Å². The number of hydrogen-bond acceptors (Lipinski definition) is 7. The highest BCUT2D eigenvalue weighted by Crippen LogP contribution is 2.23. The van der Waals surface area contributed by atoms with Gasteiger partial charge >= 0.3 is 5.97 Å². The zero-order chi connectivity index (χ0) is 38.8. The first-order valence-electron chi connectivity index (χ1n) is 22.4. The van der Waals surface area contributed by atoms with Crippen molar-refractivity contribution in [3.8, 4) is 0 Å². The highest BCUT2D eigenvalue weighted by molar-refractivity contribution is 6.06. The maximum absolute atomic E-state index is 12.6. The maximum atomic E-state index is 12.6. The Bertz CT molecular complexity index is 765. The van der Waals surface area contributed by atoms with Crippen LogP contribution in [0.25, 0.3) is 0 Å². The summed E-state index contributed by atoms with van der Waals surface area (Å²) >= 11 is 0. The quantitative estimate of drug-likeness (QED) is 0.0246. The zero-order valence-electron chi connectivity index (χ0n) is 34.7. The second kappa shape index (κ2) is 42.2. The zero-order valence-corrected chi connectivity index (χ0v) is 34.7. The summed E-state index contributed by atoms with van der Waals surface area (Å²) in [7, 11) is 0. The van der Waals surface area contributed by atoms with E-state index in [1.807, 2.05) is 0 Å². The third kappa shape index (κ3) is 34.2. The van der Waals surface area contributed by atoms with Gasteiger partial charge in [-0.1, -0.05) is 220 Å². The molecule has 0 fully saturated rings. The van der Waals surface area contributed by atoms with Crippen LogP contribution in [0.1, 0.15) is 252 Å². The number of aliphatic hydroxyl groups is 2. The van der Waals surface area contributed by atoms with Crippen molar-refractivity contribution in [2.24, 2.45) is 5.34 Å². The van der Waals surface area contributed by atoms with Crippen LogP contribution in [0.3, 0.4) is 0 Å². The van der Waals surface area contributed by atoms with Crippen molar-refractivity contribution in [3.63, 3.8) is 0 Å². The van der Waals surface area contributed by atoms with Gasteiger partial charge in [0.1, 0.15) is 12.7 Å². The fourth-order valence-electron chi connectivity index (χ4n) is 6.84. The molecule has 2 unspecified atom stereocenters. The van der Waals surface area contributed by atoms with Gasteiger partial charge in [0, 0.05) is 6.42 Å². The minimum atomic E-state index is -2.67. The van der Waals surface area contributed by atoms with E-state index in [4.69, 9.17) is 0 Å². The predicted molar refractivity (Wildman–Crippen MR) is 219 cm³/mol. The molecular formula is C44H87NO7. The Morgan fingerprint density at radius 1 is 0.500 bits per heavy atom. The first-order chi connectivity index (χ1) is 25.3. The van der Waals surface area contributed by atoms with Crippen molar-refractivity contribution >= 4 is 11.8 Å². The minimum absolute atomic E-state index is 0.0106. The summed E-state index contributed by atoms with van der Waals surface area (Å²) < 4.78 is 0. The van der Waals surface area contributed by atoms with Crippen LogP contribution in [0.2, 0.25) is 0 Å². The van der Waals surface area contributed by atoms with Gasteiger partial charge in [-0.3, -0.25) is 4.79 Å². The van der Waals surface area contributed by atoms with E-state index in [2.05, 4.69) is 30.9 Å². The molecule has 3 N–H and O–H groups in total. The number of hydrogen-bond donors (Lipinski definition) is 3. The van der Waals surface area contributed by atoms with Gasteiger partial charge in [-0.25, -0.2) is 4.79 Å². The first kappa shape index (κ1) is 52.6. The molecule has 0 rings (SSSR count). The average Bonchev–Trinajstić information content (AvgIpc) is 3.14. The van der Waals surface area contributed by atoms with Crippen molar-refractivity contribution in [1.29, 1.82) is 0 Å². The Morgan fingerprint density at radius 2 is 0.788 bits per heavy atom. The Labute approximate surface area is 321 Å². The van der Waals surface area contributed by atoms with Gasteiger partial charge in [-0.2, -0.15) is 0 Å². The standard InChI is InChI=1S/C36H70O5.C8H17NO2/c1-3-5-7-9-11-13-15-17-18-20-22-24-26-28-30-32-34(38)36(41,35(39)40)33(37)31-29-27-25-23-21-19-16-14-12-10-8-6-4-2;1-2-3-4-5-6-7-8-11-9-10/h33,37,41H,3-32H2,1-2H3,(H,39,40);2-8H2,1H3. The number of carboxylic acid groups (broad SMARTS) is 1. The number of aliphatic hydroxyl groups excluding tert-OH is 1. The molecule has 310 valence electrons. The smallest absolute Gasteiger partial charge is 0.346 e. The van der Waals surface area contributed by atoms with Crippen molar-refractivity contribution in [3.05, 3.63) is 4.91 Å². The van der Waals surface area contributed by atoms with E-state index in [1.165, 1.54) is 154 Å². The Hall–Kier alpha value is -1.54. The molecule has 0 saturated carbocycles. The molecule has 0 saturated heterocycles. The van der Waals surface area contributed by atoms with Crippen molar-refractivity contribution in [2.45, 2.75) is 264 Å². The highest BCUT2D eigenvalue weighted by Gasteiger charge is 2.49. The topological polar surface area (TPSA) is 133 Å². The van der Waals surface area contributed by atoms with E-state index in [0.29, 0.717) is 19.4 Å². The molecule has 0 aliphatic heterocycles.